The van der Waals surface area contributed by atoms with Crippen molar-refractivity contribution in [2.45, 2.75) is 28.2 Å². The molecule has 0 saturated heterocycles. The van der Waals surface area contributed by atoms with Crippen LogP contribution in [0, 0.1) is 13.8 Å². The topological polar surface area (TPSA) is 68.3 Å². The lowest BCUT2D eigenvalue weighted by atomic mass is 10.2. The van der Waals surface area contributed by atoms with Gasteiger partial charge in [-0.2, -0.15) is 12.6 Å². The van der Waals surface area contributed by atoms with Crippen LogP contribution in [0.4, 0.5) is 0 Å². The van der Waals surface area contributed by atoms with Gasteiger partial charge in [0.1, 0.15) is 4.58 Å². The summed E-state index contributed by atoms with van der Waals surface area (Å²) in [4.78, 5) is 0.170. The average Bonchev–Trinajstić information content (AvgIpc) is 2.47. The van der Waals surface area contributed by atoms with Crippen molar-refractivity contribution in [3.8, 4) is 0 Å². The molecule has 2 aromatic rings. The van der Waals surface area contributed by atoms with E-state index >= 15 is 0 Å². The first-order valence-electron chi connectivity index (χ1n) is 6.91. The molecule has 0 fully saturated rings. The van der Waals surface area contributed by atoms with Crippen LogP contribution in [0.5, 0.6) is 0 Å². The summed E-state index contributed by atoms with van der Waals surface area (Å²) in [5, 5.41) is 0. The van der Waals surface area contributed by atoms with Crippen LogP contribution in [0.3, 0.4) is 0 Å². The van der Waals surface area contributed by atoms with E-state index in [0.717, 1.165) is 11.1 Å². The first-order chi connectivity index (χ1) is 10.6. The third-order valence-corrected chi connectivity index (χ3v) is 8.50. The fourth-order valence-corrected chi connectivity index (χ4v) is 6.16. The lowest BCUT2D eigenvalue weighted by Gasteiger charge is -2.13. The molecule has 0 aliphatic rings. The molecule has 1 atom stereocenters. The predicted molar refractivity (Wildman–Crippen MR) is 94.4 cm³/mol. The SMILES string of the molecule is Cc1ccc(S(=O)(=O)CC(S)S(=O)(=O)c2ccc(C)cc2)cc1. The second-order valence-electron chi connectivity index (χ2n) is 5.41. The van der Waals surface area contributed by atoms with E-state index in [9.17, 15) is 16.8 Å². The third-order valence-electron chi connectivity index (χ3n) is 3.45. The fraction of sp³-hybridized carbons (Fsp3) is 0.250. The largest absolute Gasteiger partial charge is 0.224 e. The van der Waals surface area contributed by atoms with E-state index in [2.05, 4.69) is 12.6 Å². The van der Waals surface area contributed by atoms with Gasteiger partial charge in [-0.1, -0.05) is 35.4 Å². The van der Waals surface area contributed by atoms with Crippen molar-refractivity contribution < 1.29 is 16.8 Å². The van der Waals surface area contributed by atoms with Crippen LogP contribution < -0.4 is 0 Å². The van der Waals surface area contributed by atoms with Crippen LogP contribution in [0.15, 0.2) is 58.3 Å². The van der Waals surface area contributed by atoms with Gasteiger partial charge in [-0.3, -0.25) is 0 Å². The van der Waals surface area contributed by atoms with Crippen molar-refractivity contribution in [2.75, 3.05) is 5.75 Å². The number of hydrogen-bond acceptors (Lipinski definition) is 5. The molecular formula is C16H18O4S3. The highest BCUT2D eigenvalue weighted by Crippen LogP contribution is 2.23. The van der Waals surface area contributed by atoms with Gasteiger partial charge in [-0.25, -0.2) is 16.8 Å². The van der Waals surface area contributed by atoms with E-state index in [1.807, 2.05) is 13.8 Å². The smallest absolute Gasteiger partial charge is 0.191 e. The summed E-state index contributed by atoms with van der Waals surface area (Å²) < 4.78 is 48.4. The highest BCUT2D eigenvalue weighted by Gasteiger charge is 2.30. The molecule has 2 aromatic carbocycles. The van der Waals surface area contributed by atoms with Gasteiger partial charge in [-0.05, 0) is 38.1 Å². The van der Waals surface area contributed by atoms with Crippen LogP contribution in [-0.4, -0.2) is 27.2 Å². The second kappa shape index (κ2) is 6.67. The number of aryl methyl sites for hydroxylation is 2. The van der Waals surface area contributed by atoms with Gasteiger partial charge in [-0.15, -0.1) is 0 Å². The second-order valence-corrected chi connectivity index (χ2v) is 10.5. The minimum atomic E-state index is -3.82. The van der Waals surface area contributed by atoms with Crippen molar-refractivity contribution in [2.24, 2.45) is 0 Å². The Hall–Kier alpha value is -1.31. The molecule has 4 nitrogen and oxygen atoms in total. The van der Waals surface area contributed by atoms with E-state index in [4.69, 9.17) is 0 Å². The van der Waals surface area contributed by atoms with Gasteiger partial charge in [0, 0.05) is 0 Å². The summed E-state index contributed by atoms with van der Waals surface area (Å²) in [6.45, 7) is 3.69. The molecule has 0 aromatic heterocycles. The molecule has 0 aliphatic heterocycles. The summed E-state index contributed by atoms with van der Waals surface area (Å²) >= 11 is 4.04. The maximum atomic E-state index is 12.5. The highest BCUT2D eigenvalue weighted by atomic mass is 32.2. The Kier molecular flexibility index (Phi) is 5.23. The molecule has 0 radical (unpaired) electrons. The minimum Gasteiger partial charge on any atom is -0.224 e. The van der Waals surface area contributed by atoms with Crippen molar-refractivity contribution in [3.05, 3.63) is 59.7 Å². The zero-order valence-corrected chi connectivity index (χ0v) is 15.3. The van der Waals surface area contributed by atoms with E-state index in [1.165, 1.54) is 24.3 Å². The van der Waals surface area contributed by atoms with E-state index < -0.39 is 30.0 Å². The van der Waals surface area contributed by atoms with Gasteiger partial charge in [0.15, 0.2) is 19.7 Å². The Labute approximate surface area is 142 Å². The van der Waals surface area contributed by atoms with Crippen molar-refractivity contribution in [1.29, 1.82) is 0 Å². The van der Waals surface area contributed by atoms with E-state index in [1.54, 1.807) is 24.3 Å². The normalized spacial score (nSPS) is 13.7. The predicted octanol–water partition coefficient (Wildman–Crippen LogP) is 2.81. The molecule has 1 unspecified atom stereocenters. The molecular weight excluding hydrogens is 352 g/mol. The first-order valence-corrected chi connectivity index (χ1v) is 10.6. The first kappa shape index (κ1) is 18.0. The molecule has 0 amide bonds. The molecule has 0 bridgehead atoms. The Morgan fingerprint density at radius 1 is 0.783 bits per heavy atom. The fourth-order valence-electron chi connectivity index (χ4n) is 2.00. The Bertz CT molecular complexity index is 881. The van der Waals surface area contributed by atoms with Crippen LogP contribution >= 0.6 is 12.6 Å². The summed E-state index contributed by atoms with van der Waals surface area (Å²) in [6, 6.07) is 12.6. The summed E-state index contributed by atoms with van der Waals surface area (Å²) in [7, 11) is -7.55. The molecule has 0 aliphatic carbocycles. The molecule has 23 heavy (non-hydrogen) atoms. The monoisotopic (exact) mass is 370 g/mol. The van der Waals surface area contributed by atoms with E-state index in [0.29, 0.717) is 0 Å². The van der Waals surface area contributed by atoms with Crippen molar-refractivity contribution in [1.82, 2.24) is 0 Å². The van der Waals surface area contributed by atoms with Gasteiger partial charge in [0.25, 0.3) is 0 Å². The molecule has 7 heteroatoms. The molecule has 124 valence electrons. The zero-order chi connectivity index (χ0) is 17.3. The maximum absolute atomic E-state index is 12.5. The molecule has 0 N–H and O–H groups in total. The molecule has 0 saturated carbocycles. The molecule has 2 rings (SSSR count). The standard InChI is InChI=1S/C16H18O4S3/c1-12-3-7-14(8-4-12)22(17,18)11-16(21)23(19,20)15-9-5-13(2)6-10-15/h3-10,16,21H,11H2,1-2H3. The summed E-state index contributed by atoms with van der Waals surface area (Å²) in [5.74, 6) is -0.574. The van der Waals surface area contributed by atoms with Gasteiger partial charge in [0.2, 0.25) is 0 Å². The number of sulfone groups is 2. The van der Waals surface area contributed by atoms with Gasteiger partial charge >= 0.3 is 0 Å². The Morgan fingerprint density at radius 2 is 1.17 bits per heavy atom. The molecule has 0 heterocycles. The Balaban J connectivity index is 2.28. The number of benzene rings is 2. The number of hydrogen-bond donors (Lipinski definition) is 1. The van der Waals surface area contributed by atoms with Crippen LogP contribution in [0.25, 0.3) is 0 Å². The lowest BCUT2D eigenvalue weighted by molar-refractivity contribution is 0.585. The summed E-state index contributed by atoms with van der Waals surface area (Å²) in [6.07, 6.45) is 0. The van der Waals surface area contributed by atoms with Crippen LogP contribution in [-0.2, 0) is 19.7 Å². The lowest BCUT2D eigenvalue weighted by Crippen LogP contribution is -2.25. The summed E-state index contributed by atoms with van der Waals surface area (Å²) in [5.41, 5.74) is 1.85. The maximum Gasteiger partial charge on any atom is 0.191 e. The van der Waals surface area contributed by atoms with Gasteiger partial charge in [0.05, 0.1) is 15.5 Å². The van der Waals surface area contributed by atoms with Crippen molar-refractivity contribution in [3.63, 3.8) is 0 Å². The van der Waals surface area contributed by atoms with Crippen molar-refractivity contribution >= 4 is 32.3 Å². The van der Waals surface area contributed by atoms with Crippen LogP contribution in [0.1, 0.15) is 11.1 Å². The third kappa shape index (κ3) is 4.16. The van der Waals surface area contributed by atoms with E-state index in [-0.39, 0.29) is 9.79 Å². The minimum absolute atomic E-state index is 0.0715. The van der Waals surface area contributed by atoms with Gasteiger partial charge < -0.3 is 0 Å². The van der Waals surface area contributed by atoms with Crippen LogP contribution in [0.2, 0.25) is 0 Å². The highest BCUT2D eigenvalue weighted by molar-refractivity contribution is 8.06. The Morgan fingerprint density at radius 3 is 1.61 bits per heavy atom. The number of thiol groups is 1. The quantitative estimate of drug-likeness (QED) is 0.822. The molecule has 0 spiro atoms. The average molecular weight is 371 g/mol. The zero-order valence-electron chi connectivity index (χ0n) is 12.8. The number of rotatable bonds is 5.